The SMILES string of the molecule is O=C(OCC1(CCl)CC1)N1CCc2ccccc21. The van der Waals surface area contributed by atoms with Gasteiger partial charge in [-0.25, -0.2) is 4.79 Å². The molecule has 0 aromatic heterocycles. The third-order valence-corrected chi connectivity index (χ3v) is 4.42. The van der Waals surface area contributed by atoms with E-state index in [4.69, 9.17) is 16.3 Å². The van der Waals surface area contributed by atoms with Crippen LogP contribution in [0.2, 0.25) is 0 Å². The summed E-state index contributed by atoms with van der Waals surface area (Å²) in [6.45, 7) is 1.17. The number of benzene rings is 1. The van der Waals surface area contributed by atoms with Gasteiger partial charge in [0.1, 0.15) is 0 Å². The van der Waals surface area contributed by atoms with E-state index in [0.29, 0.717) is 19.0 Å². The molecule has 4 heteroatoms. The molecule has 1 aromatic carbocycles. The van der Waals surface area contributed by atoms with Gasteiger partial charge in [0.05, 0.1) is 12.3 Å². The molecule has 0 radical (unpaired) electrons. The third-order valence-electron chi connectivity index (χ3n) is 3.85. The van der Waals surface area contributed by atoms with E-state index in [9.17, 15) is 4.79 Å². The standard InChI is InChI=1S/C14H16ClNO2/c15-9-14(6-7-14)10-18-13(17)16-8-5-11-3-1-2-4-12(11)16/h1-4H,5-10H2. The Labute approximate surface area is 112 Å². The molecule has 0 spiro atoms. The summed E-state index contributed by atoms with van der Waals surface area (Å²) in [7, 11) is 0. The Hall–Kier alpha value is -1.22. The van der Waals surface area contributed by atoms with Crippen LogP contribution in [0, 0.1) is 5.41 Å². The lowest BCUT2D eigenvalue weighted by Gasteiger charge is -2.19. The van der Waals surface area contributed by atoms with Crippen LogP contribution in [0.15, 0.2) is 24.3 Å². The predicted octanol–water partition coefficient (Wildman–Crippen LogP) is 3.20. The normalized spacial score (nSPS) is 19.5. The molecule has 2 aliphatic rings. The highest BCUT2D eigenvalue weighted by atomic mass is 35.5. The Morgan fingerprint density at radius 1 is 1.39 bits per heavy atom. The molecule has 1 heterocycles. The maximum absolute atomic E-state index is 12.1. The van der Waals surface area contributed by atoms with E-state index in [1.807, 2.05) is 18.2 Å². The molecule has 1 amide bonds. The van der Waals surface area contributed by atoms with Crippen molar-refractivity contribution < 1.29 is 9.53 Å². The van der Waals surface area contributed by atoms with Crippen LogP contribution < -0.4 is 4.90 Å². The molecule has 1 saturated carbocycles. The van der Waals surface area contributed by atoms with Gasteiger partial charge in [0.2, 0.25) is 0 Å². The van der Waals surface area contributed by atoms with Gasteiger partial charge in [-0.2, -0.15) is 0 Å². The largest absolute Gasteiger partial charge is 0.449 e. The summed E-state index contributed by atoms with van der Waals surface area (Å²) in [4.78, 5) is 13.8. The molecule has 1 aromatic rings. The van der Waals surface area contributed by atoms with Gasteiger partial charge < -0.3 is 4.74 Å². The van der Waals surface area contributed by atoms with Gasteiger partial charge in [0, 0.05) is 17.8 Å². The van der Waals surface area contributed by atoms with Crippen molar-refractivity contribution in [3.63, 3.8) is 0 Å². The van der Waals surface area contributed by atoms with Crippen molar-refractivity contribution in [3.8, 4) is 0 Å². The number of hydrogen-bond donors (Lipinski definition) is 0. The molecule has 0 unspecified atom stereocenters. The van der Waals surface area contributed by atoms with E-state index < -0.39 is 0 Å². The number of carbonyl (C=O) groups excluding carboxylic acids is 1. The van der Waals surface area contributed by atoms with Crippen LogP contribution in [0.4, 0.5) is 10.5 Å². The fraction of sp³-hybridized carbons (Fsp3) is 0.500. The van der Waals surface area contributed by atoms with E-state index in [-0.39, 0.29) is 11.5 Å². The van der Waals surface area contributed by atoms with Crippen molar-refractivity contribution in [2.75, 3.05) is 23.9 Å². The molecular weight excluding hydrogens is 250 g/mol. The van der Waals surface area contributed by atoms with E-state index in [1.165, 1.54) is 5.56 Å². The second-order valence-electron chi connectivity index (χ2n) is 5.22. The number of alkyl halides is 1. The highest BCUT2D eigenvalue weighted by molar-refractivity contribution is 6.18. The smallest absolute Gasteiger partial charge is 0.414 e. The van der Waals surface area contributed by atoms with Gasteiger partial charge in [-0.3, -0.25) is 4.90 Å². The van der Waals surface area contributed by atoms with E-state index in [2.05, 4.69) is 6.07 Å². The van der Waals surface area contributed by atoms with E-state index in [0.717, 1.165) is 24.9 Å². The molecule has 1 aliphatic carbocycles. The first-order chi connectivity index (χ1) is 8.74. The van der Waals surface area contributed by atoms with Crippen LogP contribution in [-0.2, 0) is 11.2 Å². The van der Waals surface area contributed by atoms with E-state index >= 15 is 0 Å². The second-order valence-corrected chi connectivity index (χ2v) is 5.49. The molecule has 0 atom stereocenters. The van der Waals surface area contributed by atoms with E-state index in [1.54, 1.807) is 4.90 Å². The summed E-state index contributed by atoms with van der Waals surface area (Å²) in [5.74, 6) is 0.580. The average Bonchev–Trinajstić information content (AvgIpc) is 3.07. The molecule has 0 N–H and O–H groups in total. The number of rotatable bonds is 3. The number of amides is 1. The van der Waals surface area contributed by atoms with Crippen LogP contribution in [-0.4, -0.2) is 25.1 Å². The van der Waals surface area contributed by atoms with Gasteiger partial charge in [-0.05, 0) is 30.9 Å². The van der Waals surface area contributed by atoms with Crippen LogP contribution in [0.3, 0.4) is 0 Å². The van der Waals surface area contributed by atoms with Gasteiger partial charge in [-0.1, -0.05) is 18.2 Å². The molecule has 96 valence electrons. The van der Waals surface area contributed by atoms with Gasteiger partial charge in [0.25, 0.3) is 0 Å². The monoisotopic (exact) mass is 265 g/mol. The topological polar surface area (TPSA) is 29.5 Å². The minimum atomic E-state index is -0.239. The third kappa shape index (κ3) is 2.07. The van der Waals surface area contributed by atoms with Gasteiger partial charge >= 0.3 is 6.09 Å². The highest BCUT2D eigenvalue weighted by Gasteiger charge is 2.43. The minimum absolute atomic E-state index is 0.0659. The van der Waals surface area contributed by atoms with Crippen molar-refractivity contribution in [2.24, 2.45) is 5.41 Å². The fourth-order valence-electron chi connectivity index (χ4n) is 2.31. The summed E-state index contributed by atoms with van der Waals surface area (Å²) in [5.41, 5.74) is 2.27. The van der Waals surface area contributed by atoms with Crippen molar-refractivity contribution in [1.29, 1.82) is 0 Å². The minimum Gasteiger partial charge on any atom is -0.449 e. The quantitative estimate of drug-likeness (QED) is 0.786. The first-order valence-corrected chi connectivity index (χ1v) is 6.86. The highest BCUT2D eigenvalue weighted by Crippen LogP contribution is 2.46. The van der Waals surface area contributed by atoms with Crippen LogP contribution in [0.5, 0.6) is 0 Å². The molecule has 3 rings (SSSR count). The maximum atomic E-state index is 12.1. The molecule has 3 nitrogen and oxygen atoms in total. The zero-order valence-electron chi connectivity index (χ0n) is 10.2. The van der Waals surface area contributed by atoms with Crippen molar-refractivity contribution in [3.05, 3.63) is 29.8 Å². The van der Waals surface area contributed by atoms with Crippen molar-refractivity contribution >= 4 is 23.4 Å². The molecule has 1 aliphatic heterocycles. The number of carbonyl (C=O) groups is 1. The lowest BCUT2D eigenvalue weighted by molar-refractivity contribution is 0.133. The summed E-state index contributed by atoms with van der Waals surface area (Å²) in [6.07, 6.45) is 2.81. The number of hydrogen-bond acceptors (Lipinski definition) is 2. The zero-order chi connectivity index (χ0) is 12.6. The summed E-state index contributed by atoms with van der Waals surface area (Å²) in [5, 5.41) is 0. The Kier molecular flexibility index (Phi) is 2.94. The zero-order valence-corrected chi connectivity index (χ0v) is 10.9. The number of nitrogens with zero attached hydrogens (tertiary/aromatic N) is 1. The first-order valence-electron chi connectivity index (χ1n) is 6.32. The lowest BCUT2D eigenvalue weighted by atomic mass is 10.2. The predicted molar refractivity (Wildman–Crippen MR) is 71.2 cm³/mol. The fourth-order valence-corrected chi connectivity index (χ4v) is 2.66. The number of para-hydroxylation sites is 1. The van der Waals surface area contributed by atoms with Crippen molar-refractivity contribution in [1.82, 2.24) is 0 Å². The van der Waals surface area contributed by atoms with Crippen LogP contribution in [0.1, 0.15) is 18.4 Å². The first kappa shape index (κ1) is 11.8. The summed E-state index contributed by atoms with van der Waals surface area (Å²) < 4.78 is 5.40. The number of anilines is 1. The molecule has 0 bridgehead atoms. The Morgan fingerprint density at radius 2 is 2.17 bits per heavy atom. The number of fused-ring (bicyclic) bond motifs is 1. The Morgan fingerprint density at radius 3 is 2.89 bits per heavy atom. The molecule has 18 heavy (non-hydrogen) atoms. The lowest BCUT2D eigenvalue weighted by Crippen LogP contribution is -2.31. The number of ether oxygens (including phenoxy) is 1. The van der Waals surface area contributed by atoms with Crippen LogP contribution in [0.25, 0.3) is 0 Å². The molecule has 1 fully saturated rings. The molecule has 0 saturated heterocycles. The Bertz CT molecular complexity index is 471. The number of halogens is 1. The summed E-state index contributed by atoms with van der Waals surface area (Å²) in [6, 6.07) is 7.98. The van der Waals surface area contributed by atoms with Gasteiger partial charge in [0.15, 0.2) is 0 Å². The van der Waals surface area contributed by atoms with Crippen molar-refractivity contribution in [2.45, 2.75) is 19.3 Å². The summed E-state index contributed by atoms with van der Waals surface area (Å²) >= 11 is 5.87. The molecular formula is C14H16ClNO2. The Balaban J connectivity index is 1.64. The van der Waals surface area contributed by atoms with Crippen LogP contribution >= 0.6 is 11.6 Å². The van der Waals surface area contributed by atoms with Gasteiger partial charge in [-0.15, -0.1) is 11.6 Å². The second kappa shape index (κ2) is 4.47. The maximum Gasteiger partial charge on any atom is 0.414 e. The average molecular weight is 266 g/mol.